The summed E-state index contributed by atoms with van der Waals surface area (Å²) in [6.45, 7) is 0. The Morgan fingerprint density at radius 3 is 2.71 bits per heavy atom. The maximum atomic E-state index is 5.15. The lowest BCUT2D eigenvalue weighted by atomic mass is 10.0. The molecule has 0 radical (unpaired) electrons. The molecule has 0 spiro atoms. The van der Waals surface area contributed by atoms with Crippen LogP contribution in [0.2, 0.25) is 0 Å². The average molecular weight is 452 g/mol. The van der Waals surface area contributed by atoms with E-state index < -0.39 is 0 Å². The van der Waals surface area contributed by atoms with Gasteiger partial charge in [-0.3, -0.25) is 4.40 Å². The molecule has 2 aliphatic rings. The topological polar surface area (TPSA) is 28.8 Å². The number of para-hydroxylation sites is 1. The minimum atomic E-state index is 0.137. The Balaban J connectivity index is 1.47. The first-order valence-electron chi connectivity index (χ1n) is 11.6. The predicted octanol–water partition coefficient (Wildman–Crippen LogP) is 8.20. The first-order valence-corrected chi connectivity index (χ1v) is 12.4. The zero-order chi connectivity index (χ0) is 22.0. The molecule has 4 aromatic carbocycles. The van der Waals surface area contributed by atoms with E-state index >= 15 is 0 Å². The van der Waals surface area contributed by atoms with E-state index in [1.54, 1.807) is 0 Å². The number of fused-ring (bicyclic) bond motifs is 12. The van der Waals surface area contributed by atoms with Crippen LogP contribution in [0.15, 0.2) is 96.0 Å². The summed E-state index contributed by atoms with van der Waals surface area (Å²) in [6, 6.07) is 24.8. The summed E-state index contributed by atoms with van der Waals surface area (Å²) in [4.78, 5) is 5.15. The lowest BCUT2D eigenvalue weighted by molar-refractivity contribution is 1.11. The molecule has 1 N–H and O–H groups in total. The van der Waals surface area contributed by atoms with Crippen molar-refractivity contribution in [2.24, 2.45) is 4.99 Å². The number of aromatic nitrogens is 1. The molecule has 4 heteroatoms. The SMILES string of the molecule is C1=CC2=Nc3c(c4cccc5c6cc7c(cc6n3c45)sc3ccc4ccccc4c37)NC2C=C1. The summed E-state index contributed by atoms with van der Waals surface area (Å²) in [6.07, 6.45) is 8.45. The highest BCUT2D eigenvalue weighted by Crippen LogP contribution is 2.48. The van der Waals surface area contributed by atoms with E-state index in [9.17, 15) is 0 Å². The van der Waals surface area contributed by atoms with Crippen LogP contribution < -0.4 is 5.32 Å². The monoisotopic (exact) mass is 451 g/mol. The molecular formula is C30H17N3S. The summed E-state index contributed by atoms with van der Waals surface area (Å²) in [5.74, 6) is 1.01. The van der Waals surface area contributed by atoms with Crippen LogP contribution >= 0.6 is 11.3 Å². The fourth-order valence-electron chi connectivity index (χ4n) is 6.05. The van der Waals surface area contributed by atoms with Crippen LogP contribution in [-0.2, 0) is 0 Å². The lowest BCUT2D eigenvalue weighted by Gasteiger charge is -2.23. The van der Waals surface area contributed by atoms with Crippen molar-refractivity contribution in [3.63, 3.8) is 0 Å². The molecule has 1 atom stereocenters. The Kier molecular flexibility index (Phi) is 2.98. The number of nitrogens with one attached hydrogen (secondary N) is 1. The molecule has 7 aromatic rings. The third-order valence-electron chi connectivity index (χ3n) is 7.51. The van der Waals surface area contributed by atoms with Gasteiger partial charge in [0.2, 0.25) is 0 Å². The third-order valence-corrected chi connectivity index (χ3v) is 8.63. The Morgan fingerprint density at radius 1 is 0.794 bits per heavy atom. The zero-order valence-corrected chi connectivity index (χ0v) is 18.9. The largest absolute Gasteiger partial charge is 0.370 e. The van der Waals surface area contributed by atoms with Crippen LogP contribution in [0.5, 0.6) is 0 Å². The third kappa shape index (κ3) is 1.97. The molecule has 3 aromatic heterocycles. The first-order chi connectivity index (χ1) is 16.8. The van der Waals surface area contributed by atoms with Crippen molar-refractivity contribution in [3.8, 4) is 0 Å². The minimum Gasteiger partial charge on any atom is -0.370 e. The van der Waals surface area contributed by atoms with Gasteiger partial charge in [0.25, 0.3) is 0 Å². The number of hydrogen-bond donors (Lipinski definition) is 1. The Bertz CT molecular complexity index is 2100. The number of nitrogens with zero attached hydrogens (tertiary/aromatic N) is 2. The summed E-state index contributed by atoms with van der Waals surface area (Å²) in [5, 5.41) is 12.9. The van der Waals surface area contributed by atoms with E-state index in [0.717, 1.165) is 17.2 Å². The number of aliphatic imine (C=N–C) groups is 1. The summed E-state index contributed by atoms with van der Waals surface area (Å²) in [5.41, 5.74) is 4.70. The van der Waals surface area contributed by atoms with E-state index in [0.29, 0.717) is 0 Å². The second-order valence-electron chi connectivity index (χ2n) is 9.27. The second kappa shape index (κ2) is 5.85. The first kappa shape index (κ1) is 17.3. The molecule has 0 bridgehead atoms. The second-order valence-corrected chi connectivity index (χ2v) is 10.3. The van der Waals surface area contributed by atoms with E-state index in [4.69, 9.17) is 4.99 Å². The van der Waals surface area contributed by atoms with E-state index in [1.165, 1.54) is 58.1 Å². The van der Waals surface area contributed by atoms with Gasteiger partial charge < -0.3 is 5.32 Å². The van der Waals surface area contributed by atoms with Crippen molar-refractivity contribution < 1.29 is 0 Å². The van der Waals surface area contributed by atoms with Crippen molar-refractivity contribution in [2.45, 2.75) is 6.04 Å². The van der Waals surface area contributed by atoms with Crippen LogP contribution in [0.4, 0.5) is 11.5 Å². The van der Waals surface area contributed by atoms with Gasteiger partial charge in [-0.1, -0.05) is 66.8 Å². The fraction of sp³-hybridized carbons (Fsp3) is 0.0333. The smallest absolute Gasteiger partial charge is 0.162 e. The Labute approximate surface area is 198 Å². The molecule has 9 rings (SSSR count). The van der Waals surface area contributed by atoms with Crippen molar-refractivity contribution in [1.82, 2.24) is 4.40 Å². The quantitative estimate of drug-likeness (QED) is 0.247. The van der Waals surface area contributed by atoms with Gasteiger partial charge in [0, 0.05) is 36.3 Å². The Hall–Kier alpha value is -4.15. The molecule has 34 heavy (non-hydrogen) atoms. The van der Waals surface area contributed by atoms with Gasteiger partial charge in [0.15, 0.2) is 5.82 Å². The van der Waals surface area contributed by atoms with Gasteiger partial charge >= 0.3 is 0 Å². The van der Waals surface area contributed by atoms with Crippen molar-refractivity contribution >= 4 is 86.7 Å². The van der Waals surface area contributed by atoms with Crippen LogP contribution in [0.25, 0.3) is 58.1 Å². The van der Waals surface area contributed by atoms with Crippen LogP contribution in [0, 0.1) is 0 Å². The van der Waals surface area contributed by atoms with Gasteiger partial charge in [-0.2, -0.15) is 0 Å². The van der Waals surface area contributed by atoms with Crippen molar-refractivity contribution in [3.05, 3.63) is 91.0 Å². The molecule has 1 aliphatic heterocycles. The normalized spacial score (nSPS) is 17.3. The maximum absolute atomic E-state index is 5.15. The lowest BCUT2D eigenvalue weighted by Crippen LogP contribution is -2.29. The summed E-state index contributed by atoms with van der Waals surface area (Å²) < 4.78 is 5.04. The molecule has 158 valence electrons. The highest BCUT2D eigenvalue weighted by Gasteiger charge is 2.28. The van der Waals surface area contributed by atoms with Crippen LogP contribution in [-0.4, -0.2) is 16.2 Å². The Morgan fingerprint density at radius 2 is 1.71 bits per heavy atom. The minimum absolute atomic E-state index is 0.137. The molecule has 0 saturated carbocycles. The molecule has 4 heterocycles. The van der Waals surface area contributed by atoms with Crippen molar-refractivity contribution in [1.29, 1.82) is 0 Å². The van der Waals surface area contributed by atoms with Gasteiger partial charge in [0.05, 0.1) is 28.5 Å². The average Bonchev–Trinajstić information content (AvgIpc) is 3.52. The molecule has 3 nitrogen and oxygen atoms in total. The maximum Gasteiger partial charge on any atom is 0.162 e. The molecule has 0 fully saturated rings. The number of allylic oxidation sites excluding steroid dienone is 2. The van der Waals surface area contributed by atoms with Crippen LogP contribution in [0.3, 0.4) is 0 Å². The number of rotatable bonds is 0. The fourth-order valence-corrected chi connectivity index (χ4v) is 7.18. The van der Waals surface area contributed by atoms with Gasteiger partial charge in [-0.05, 0) is 35.0 Å². The van der Waals surface area contributed by atoms with Gasteiger partial charge in [-0.15, -0.1) is 11.3 Å². The predicted molar refractivity (Wildman–Crippen MR) is 147 cm³/mol. The highest BCUT2D eigenvalue weighted by molar-refractivity contribution is 7.26. The van der Waals surface area contributed by atoms with E-state index in [1.807, 2.05) is 11.3 Å². The molecule has 1 unspecified atom stereocenters. The number of benzene rings is 4. The number of hydrogen-bond acceptors (Lipinski definition) is 3. The molecule has 0 amide bonds. The number of thiophene rings is 1. The summed E-state index contributed by atoms with van der Waals surface area (Å²) >= 11 is 1.88. The zero-order valence-electron chi connectivity index (χ0n) is 18.0. The molecular weight excluding hydrogens is 434 g/mol. The summed E-state index contributed by atoms with van der Waals surface area (Å²) in [7, 11) is 0. The van der Waals surface area contributed by atoms with E-state index in [2.05, 4.69) is 101 Å². The van der Waals surface area contributed by atoms with Gasteiger partial charge in [0.1, 0.15) is 0 Å². The number of anilines is 1. The molecule has 0 saturated heterocycles. The van der Waals surface area contributed by atoms with Crippen molar-refractivity contribution in [2.75, 3.05) is 5.32 Å². The standard InChI is InChI=1S/C30H17N3S/c1-2-7-17-16(6-1)12-13-25-27(17)21-14-20-18-8-5-9-19-28-30(32-23-11-4-3-10-22(23)31-28)33(29(18)19)24(20)15-26(21)34-25/h1-15,22,31H. The van der Waals surface area contributed by atoms with Crippen LogP contribution in [0.1, 0.15) is 0 Å². The highest BCUT2D eigenvalue weighted by atomic mass is 32.1. The van der Waals surface area contributed by atoms with E-state index in [-0.39, 0.29) is 6.04 Å². The van der Waals surface area contributed by atoms with Gasteiger partial charge in [-0.25, -0.2) is 4.99 Å². The molecule has 1 aliphatic carbocycles.